The highest BCUT2D eigenvalue weighted by Gasteiger charge is 2.26. The molecule has 150 valence electrons. The molecule has 1 amide bonds. The van der Waals surface area contributed by atoms with Gasteiger partial charge in [0.05, 0.1) is 18.1 Å². The first-order valence-corrected chi connectivity index (χ1v) is 10.6. The van der Waals surface area contributed by atoms with E-state index < -0.39 is 10.0 Å². The molecule has 1 aliphatic rings. The van der Waals surface area contributed by atoms with Gasteiger partial charge in [0.25, 0.3) is 0 Å². The Morgan fingerprint density at radius 2 is 1.83 bits per heavy atom. The molecule has 1 fully saturated rings. The summed E-state index contributed by atoms with van der Waals surface area (Å²) in [7, 11) is -3.62. The Bertz CT molecular complexity index is 1130. The Hall–Kier alpha value is -2.94. The van der Waals surface area contributed by atoms with Gasteiger partial charge in [0.1, 0.15) is 11.3 Å². The fraction of sp³-hybridized carbons (Fsp3) is 0.190. The fourth-order valence-electron chi connectivity index (χ4n) is 3.10. The Morgan fingerprint density at radius 3 is 2.62 bits per heavy atom. The first-order valence-electron chi connectivity index (χ1n) is 9.18. The second kappa shape index (κ2) is 8.20. The van der Waals surface area contributed by atoms with Gasteiger partial charge in [0.15, 0.2) is 0 Å². The molecular weight excluding hydrogens is 392 g/mol. The normalized spacial score (nSPS) is 15.7. The van der Waals surface area contributed by atoms with Gasteiger partial charge in [-0.2, -0.15) is 4.31 Å². The molecule has 8 heteroatoms. The van der Waals surface area contributed by atoms with E-state index in [0.717, 1.165) is 11.0 Å². The van der Waals surface area contributed by atoms with Crippen LogP contribution in [0, 0.1) is 0 Å². The fourth-order valence-corrected chi connectivity index (χ4v) is 4.55. The number of amides is 1. The summed E-state index contributed by atoms with van der Waals surface area (Å²) in [6, 6.07) is 15.6. The second-order valence-corrected chi connectivity index (χ2v) is 8.49. The van der Waals surface area contributed by atoms with E-state index in [1.807, 2.05) is 30.3 Å². The van der Waals surface area contributed by atoms with Crippen LogP contribution in [-0.4, -0.2) is 44.9 Å². The van der Waals surface area contributed by atoms with Gasteiger partial charge in [-0.15, -0.1) is 0 Å². The van der Waals surface area contributed by atoms with Crippen molar-refractivity contribution in [1.29, 1.82) is 0 Å². The predicted octanol–water partition coefficient (Wildman–Crippen LogP) is 3.11. The van der Waals surface area contributed by atoms with E-state index in [1.165, 1.54) is 22.5 Å². The standard InChI is InChI=1S/C21H20N2O5S/c24-21(9-8-18-14-16-4-1-2-7-20(16)28-18)22-17-5-3-6-19(15-17)29(25,26)23-10-12-27-13-11-23/h1-9,14-15H,10-13H2,(H,22,24)/b9-8+. The number of anilines is 1. The summed E-state index contributed by atoms with van der Waals surface area (Å²) in [5, 5.41) is 3.64. The molecule has 0 bridgehead atoms. The maximum Gasteiger partial charge on any atom is 0.248 e. The van der Waals surface area contributed by atoms with Crippen LogP contribution in [0.3, 0.4) is 0 Å². The van der Waals surface area contributed by atoms with Gasteiger partial charge in [0, 0.05) is 30.2 Å². The molecular formula is C21H20N2O5S. The lowest BCUT2D eigenvalue weighted by molar-refractivity contribution is -0.111. The number of furan rings is 1. The van der Waals surface area contributed by atoms with Crippen molar-refractivity contribution in [3.8, 4) is 0 Å². The van der Waals surface area contributed by atoms with E-state index in [9.17, 15) is 13.2 Å². The van der Waals surface area contributed by atoms with Crippen LogP contribution in [0.5, 0.6) is 0 Å². The van der Waals surface area contributed by atoms with Crippen molar-refractivity contribution in [2.45, 2.75) is 4.90 Å². The monoisotopic (exact) mass is 412 g/mol. The van der Waals surface area contributed by atoms with Gasteiger partial charge >= 0.3 is 0 Å². The summed E-state index contributed by atoms with van der Waals surface area (Å²) in [4.78, 5) is 12.4. The zero-order chi connectivity index (χ0) is 20.3. The largest absolute Gasteiger partial charge is 0.457 e. The van der Waals surface area contributed by atoms with Crippen molar-refractivity contribution in [3.05, 3.63) is 66.4 Å². The zero-order valence-corrected chi connectivity index (χ0v) is 16.4. The minimum Gasteiger partial charge on any atom is -0.457 e. The number of ether oxygens (including phenoxy) is 1. The SMILES string of the molecule is O=C(/C=C/c1cc2ccccc2o1)Nc1cccc(S(=O)(=O)N2CCOCC2)c1. The highest BCUT2D eigenvalue weighted by atomic mass is 32.2. The molecule has 4 rings (SSSR count). The number of fused-ring (bicyclic) bond motifs is 1. The Labute approximate surface area is 168 Å². The lowest BCUT2D eigenvalue weighted by atomic mass is 10.2. The van der Waals surface area contributed by atoms with Crippen LogP contribution in [-0.2, 0) is 19.6 Å². The second-order valence-electron chi connectivity index (χ2n) is 6.55. The van der Waals surface area contributed by atoms with Crippen molar-refractivity contribution in [1.82, 2.24) is 4.31 Å². The molecule has 1 aromatic heterocycles. The first-order chi connectivity index (χ1) is 14.0. The lowest BCUT2D eigenvalue weighted by Crippen LogP contribution is -2.40. The molecule has 0 saturated carbocycles. The van der Waals surface area contributed by atoms with Crippen molar-refractivity contribution in [3.63, 3.8) is 0 Å². The minimum atomic E-state index is -3.62. The highest BCUT2D eigenvalue weighted by Crippen LogP contribution is 2.21. The van der Waals surface area contributed by atoms with Gasteiger partial charge < -0.3 is 14.5 Å². The molecule has 0 unspecified atom stereocenters. The van der Waals surface area contributed by atoms with Crippen LogP contribution in [0.1, 0.15) is 5.76 Å². The smallest absolute Gasteiger partial charge is 0.248 e. The van der Waals surface area contributed by atoms with Gasteiger partial charge in [-0.1, -0.05) is 24.3 Å². The summed E-state index contributed by atoms with van der Waals surface area (Å²) < 4.78 is 37.7. The van der Waals surface area contributed by atoms with Crippen molar-refractivity contribution >= 4 is 38.7 Å². The summed E-state index contributed by atoms with van der Waals surface area (Å²) >= 11 is 0. The third-order valence-electron chi connectivity index (χ3n) is 4.55. The number of benzene rings is 2. The summed E-state index contributed by atoms with van der Waals surface area (Å²) in [5.41, 5.74) is 1.15. The van der Waals surface area contributed by atoms with Crippen molar-refractivity contribution in [2.24, 2.45) is 0 Å². The minimum absolute atomic E-state index is 0.137. The van der Waals surface area contributed by atoms with Crippen LogP contribution in [0.25, 0.3) is 17.0 Å². The number of carbonyl (C=O) groups is 1. The molecule has 1 aliphatic heterocycles. The van der Waals surface area contributed by atoms with Crippen LogP contribution < -0.4 is 5.32 Å². The number of hydrogen-bond acceptors (Lipinski definition) is 5. The molecule has 0 spiro atoms. The number of nitrogens with zero attached hydrogens (tertiary/aromatic N) is 1. The topological polar surface area (TPSA) is 88.8 Å². The van der Waals surface area contributed by atoms with Crippen LogP contribution in [0.15, 0.2) is 70.0 Å². The molecule has 7 nitrogen and oxygen atoms in total. The zero-order valence-electron chi connectivity index (χ0n) is 15.6. The van der Waals surface area contributed by atoms with E-state index in [-0.39, 0.29) is 10.8 Å². The molecule has 0 radical (unpaired) electrons. The molecule has 0 atom stereocenters. The number of sulfonamides is 1. The molecule has 1 saturated heterocycles. The average molecular weight is 412 g/mol. The Kier molecular flexibility index (Phi) is 5.48. The number of morpholine rings is 1. The van der Waals surface area contributed by atoms with Crippen LogP contribution in [0.2, 0.25) is 0 Å². The molecule has 0 aliphatic carbocycles. The summed E-state index contributed by atoms with van der Waals surface area (Å²) in [6.07, 6.45) is 2.92. The highest BCUT2D eigenvalue weighted by molar-refractivity contribution is 7.89. The number of hydrogen-bond donors (Lipinski definition) is 1. The predicted molar refractivity (Wildman–Crippen MR) is 110 cm³/mol. The van der Waals surface area contributed by atoms with Gasteiger partial charge in [-0.25, -0.2) is 8.42 Å². The van der Waals surface area contributed by atoms with Crippen LogP contribution >= 0.6 is 0 Å². The molecule has 3 aromatic rings. The van der Waals surface area contributed by atoms with Crippen molar-refractivity contribution < 1.29 is 22.4 Å². The molecule has 2 heterocycles. The van der Waals surface area contributed by atoms with Gasteiger partial charge in [-0.05, 0) is 36.4 Å². The van der Waals surface area contributed by atoms with E-state index in [2.05, 4.69) is 5.32 Å². The number of nitrogens with one attached hydrogen (secondary N) is 1. The Morgan fingerprint density at radius 1 is 1.03 bits per heavy atom. The van der Waals surface area contributed by atoms with Gasteiger partial charge in [0.2, 0.25) is 15.9 Å². The number of para-hydroxylation sites is 1. The van der Waals surface area contributed by atoms with E-state index in [1.54, 1.807) is 18.2 Å². The molecule has 1 N–H and O–H groups in total. The summed E-state index contributed by atoms with van der Waals surface area (Å²) in [6.45, 7) is 1.39. The maximum atomic E-state index is 12.8. The van der Waals surface area contributed by atoms with E-state index in [0.29, 0.717) is 37.8 Å². The van der Waals surface area contributed by atoms with Gasteiger partial charge in [-0.3, -0.25) is 4.79 Å². The lowest BCUT2D eigenvalue weighted by Gasteiger charge is -2.26. The van der Waals surface area contributed by atoms with Crippen LogP contribution in [0.4, 0.5) is 5.69 Å². The average Bonchev–Trinajstić information content (AvgIpc) is 3.16. The Balaban J connectivity index is 1.46. The first kappa shape index (κ1) is 19.4. The van der Waals surface area contributed by atoms with E-state index in [4.69, 9.17) is 9.15 Å². The maximum absolute atomic E-state index is 12.8. The number of carbonyl (C=O) groups excluding carboxylic acids is 1. The third kappa shape index (κ3) is 4.40. The number of rotatable bonds is 5. The van der Waals surface area contributed by atoms with Crippen molar-refractivity contribution in [2.75, 3.05) is 31.6 Å². The molecule has 29 heavy (non-hydrogen) atoms. The van der Waals surface area contributed by atoms with E-state index >= 15 is 0 Å². The third-order valence-corrected chi connectivity index (χ3v) is 6.45. The molecule has 2 aromatic carbocycles. The summed E-state index contributed by atoms with van der Waals surface area (Å²) in [5.74, 6) is 0.177. The quantitative estimate of drug-likeness (QED) is 0.651.